The van der Waals surface area contributed by atoms with E-state index in [9.17, 15) is 4.79 Å². The fourth-order valence-electron chi connectivity index (χ4n) is 3.20. The molecule has 176 valence electrons. The maximum Gasteiger partial charge on any atom is 0.224 e. The lowest BCUT2D eigenvalue weighted by molar-refractivity contribution is -0.116. The van der Waals surface area contributed by atoms with Crippen molar-refractivity contribution < 1.29 is 19.0 Å². The van der Waals surface area contributed by atoms with Gasteiger partial charge < -0.3 is 19.5 Å². The number of hydrogen-bond acceptors (Lipinski definition) is 5. The van der Waals surface area contributed by atoms with Crippen molar-refractivity contribution in [3.05, 3.63) is 103 Å². The second-order valence-electron chi connectivity index (χ2n) is 7.66. The summed E-state index contributed by atoms with van der Waals surface area (Å²) in [6, 6.07) is 31.5. The molecule has 0 aliphatic rings. The van der Waals surface area contributed by atoms with Crippen LogP contribution in [0.15, 0.2) is 108 Å². The van der Waals surface area contributed by atoms with Crippen LogP contribution in [0, 0.1) is 0 Å². The van der Waals surface area contributed by atoms with Gasteiger partial charge in [-0.15, -0.1) is 0 Å². The summed E-state index contributed by atoms with van der Waals surface area (Å²) in [4.78, 5) is 16.1. The van der Waals surface area contributed by atoms with Crippen LogP contribution < -0.4 is 19.5 Å². The van der Waals surface area contributed by atoms with Gasteiger partial charge in [-0.2, -0.15) is 0 Å². The lowest BCUT2D eigenvalue weighted by atomic mass is 10.2. The average Bonchev–Trinajstić information content (AvgIpc) is 2.87. The zero-order valence-electron chi connectivity index (χ0n) is 19.4. The van der Waals surface area contributed by atoms with Crippen LogP contribution in [0.4, 0.5) is 11.4 Å². The predicted molar refractivity (Wildman–Crippen MR) is 138 cm³/mol. The maximum atomic E-state index is 11.7. The third-order valence-corrected chi connectivity index (χ3v) is 4.84. The summed E-state index contributed by atoms with van der Waals surface area (Å²) in [6.07, 6.45) is 2.72. The van der Waals surface area contributed by atoms with Gasteiger partial charge in [0.25, 0.3) is 0 Å². The number of nitrogens with one attached hydrogen (secondary N) is 1. The molecule has 0 atom stereocenters. The minimum absolute atomic E-state index is 0.00417. The summed E-state index contributed by atoms with van der Waals surface area (Å²) < 4.78 is 17.5. The van der Waals surface area contributed by atoms with Crippen molar-refractivity contribution >= 4 is 23.7 Å². The smallest absolute Gasteiger partial charge is 0.224 e. The minimum Gasteiger partial charge on any atom is -0.457 e. The van der Waals surface area contributed by atoms with Gasteiger partial charge >= 0.3 is 0 Å². The Bertz CT molecular complexity index is 1270. The Balaban J connectivity index is 1.36. The molecule has 0 radical (unpaired) electrons. The second-order valence-corrected chi connectivity index (χ2v) is 7.66. The van der Waals surface area contributed by atoms with E-state index >= 15 is 0 Å². The van der Waals surface area contributed by atoms with Crippen LogP contribution in [0.2, 0.25) is 0 Å². The number of ether oxygens (including phenoxy) is 3. The highest BCUT2D eigenvalue weighted by molar-refractivity contribution is 5.90. The first-order valence-electron chi connectivity index (χ1n) is 11.4. The summed E-state index contributed by atoms with van der Waals surface area (Å²) in [5.41, 5.74) is 1.45. The number of para-hydroxylation sites is 1. The molecule has 0 saturated carbocycles. The number of amides is 1. The number of hydrogen-bond donors (Lipinski definition) is 1. The first-order valence-corrected chi connectivity index (χ1v) is 11.4. The average molecular weight is 467 g/mol. The van der Waals surface area contributed by atoms with Crippen LogP contribution in [-0.4, -0.2) is 12.3 Å². The van der Waals surface area contributed by atoms with Gasteiger partial charge in [0, 0.05) is 24.2 Å². The monoisotopic (exact) mass is 466 g/mol. The van der Waals surface area contributed by atoms with Gasteiger partial charge in [-0.3, -0.25) is 4.79 Å². The van der Waals surface area contributed by atoms with Gasteiger partial charge in [0.05, 0.1) is 5.69 Å². The summed E-state index contributed by atoms with van der Waals surface area (Å²) in [6.45, 7) is 1.97. The molecule has 0 unspecified atom stereocenters. The van der Waals surface area contributed by atoms with Gasteiger partial charge in [0.15, 0.2) is 6.40 Å². The van der Waals surface area contributed by atoms with E-state index in [1.54, 1.807) is 0 Å². The normalized spacial score (nSPS) is 10.7. The largest absolute Gasteiger partial charge is 0.457 e. The number of nitrogens with zero attached hydrogens (tertiary/aromatic N) is 1. The lowest BCUT2D eigenvalue weighted by Crippen LogP contribution is -2.10. The van der Waals surface area contributed by atoms with Crippen LogP contribution in [0.5, 0.6) is 28.7 Å². The van der Waals surface area contributed by atoms with Crippen LogP contribution in [-0.2, 0) is 4.79 Å². The lowest BCUT2D eigenvalue weighted by Gasteiger charge is -2.10. The molecule has 35 heavy (non-hydrogen) atoms. The standard InChI is InChI=1S/C29H26N2O4/c1-2-8-29(32)31-22-15-17-25(18-16-22)34-27-13-7-14-28(20-27)35-26-12-6-9-23(19-26)30-21-33-24-10-4-3-5-11-24/h3-7,9-21H,2,8H2,1H3,(H,31,32). The Morgan fingerprint density at radius 3 is 2.09 bits per heavy atom. The Morgan fingerprint density at radius 1 is 0.743 bits per heavy atom. The third-order valence-electron chi connectivity index (χ3n) is 4.84. The van der Waals surface area contributed by atoms with Crippen molar-refractivity contribution in [2.75, 3.05) is 5.32 Å². The van der Waals surface area contributed by atoms with Crippen molar-refractivity contribution in [3.63, 3.8) is 0 Å². The molecule has 6 heteroatoms. The van der Waals surface area contributed by atoms with Crippen molar-refractivity contribution in [2.45, 2.75) is 19.8 Å². The molecule has 0 spiro atoms. The summed E-state index contributed by atoms with van der Waals surface area (Å²) >= 11 is 0. The zero-order chi connectivity index (χ0) is 24.3. The third kappa shape index (κ3) is 7.47. The topological polar surface area (TPSA) is 69.2 Å². The fourth-order valence-corrected chi connectivity index (χ4v) is 3.20. The van der Waals surface area contributed by atoms with E-state index in [1.807, 2.05) is 110 Å². The van der Waals surface area contributed by atoms with E-state index in [1.165, 1.54) is 6.40 Å². The molecule has 6 nitrogen and oxygen atoms in total. The zero-order valence-corrected chi connectivity index (χ0v) is 19.4. The fraction of sp³-hybridized carbons (Fsp3) is 0.103. The molecule has 0 bridgehead atoms. The van der Waals surface area contributed by atoms with Gasteiger partial charge in [-0.05, 0) is 67.1 Å². The van der Waals surface area contributed by atoms with E-state index in [0.717, 1.165) is 17.9 Å². The van der Waals surface area contributed by atoms with E-state index in [-0.39, 0.29) is 5.91 Å². The molecular formula is C29H26N2O4. The SMILES string of the molecule is CCCC(=O)Nc1ccc(Oc2cccc(Oc3cccc(N=COc4ccccc4)c3)c2)cc1. The number of aliphatic imine (C=N–C) groups is 1. The number of benzene rings is 4. The predicted octanol–water partition coefficient (Wildman–Crippen LogP) is 7.75. The van der Waals surface area contributed by atoms with E-state index in [2.05, 4.69) is 10.3 Å². The molecule has 4 aromatic rings. The Morgan fingerprint density at radius 2 is 1.37 bits per heavy atom. The highest BCUT2D eigenvalue weighted by atomic mass is 16.5. The van der Waals surface area contributed by atoms with Gasteiger partial charge in [0.2, 0.25) is 5.91 Å². The summed E-state index contributed by atoms with van der Waals surface area (Å²) in [5.74, 6) is 3.29. The van der Waals surface area contributed by atoms with Crippen LogP contribution in [0.3, 0.4) is 0 Å². The highest BCUT2D eigenvalue weighted by Gasteiger charge is 2.04. The number of rotatable bonds is 10. The molecule has 1 amide bonds. The quantitative estimate of drug-likeness (QED) is 0.192. The molecule has 1 N–H and O–H groups in total. The first-order chi connectivity index (χ1) is 17.2. The van der Waals surface area contributed by atoms with Crippen molar-refractivity contribution in [1.82, 2.24) is 0 Å². The number of carbonyl (C=O) groups excluding carboxylic acids is 1. The van der Waals surface area contributed by atoms with E-state index in [4.69, 9.17) is 14.2 Å². The number of carbonyl (C=O) groups is 1. The highest BCUT2D eigenvalue weighted by Crippen LogP contribution is 2.30. The molecular weight excluding hydrogens is 440 g/mol. The maximum absolute atomic E-state index is 11.7. The van der Waals surface area contributed by atoms with E-state index in [0.29, 0.717) is 35.1 Å². The molecule has 0 heterocycles. The summed E-state index contributed by atoms with van der Waals surface area (Å²) in [5, 5.41) is 2.86. The van der Waals surface area contributed by atoms with Crippen molar-refractivity contribution in [1.29, 1.82) is 0 Å². The van der Waals surface area contributed by atoms with Gasteiger partial charge in [-0.25, -0.2) is 4.99 Å². The van der Waals surface area contributed by atoms with Crippen LogP contribution in [0.25, 0.3) is 0 Å². The minimum atomic E-state index is 0.00417. The molecule has 0 aromatic heterocycles. The van der Waals surface area contributed by atoms with Gasteiger partial charge in [0.1, 0.15) is 28.7 Å². The molecule has 0 aliphatic heterocycles. The van der Waals surface area contributed by atoms with Crippen molar-refractivity contribution in [2.24, 2.45) is 4.99 Å². The van der Waals surface area contributed by atoms with Crippen molar-refractivity contribution in [3.8, 4) is 28.7 Å². The van der Waals surface area contributed by atoms with E-state index < -0.39 is 0 Å². The molecule has 0 saturated heterocycles. The number of anilines is 1. The Kier molecular flexibility index (Phi) is 8.11. The second kappa shape index (κ2) is 12.0. The Labute approximate surface area is 204 Å². The Hall–Kier alpha value is -4.58. The summed E-state index contributed by atoms with van der Waals surface area (Å²) in [7, 11) is 0. The molecule has 4 rings (SSSR count). The first kappa shape index (κ1) is 23.6. The molecule has 4 aromatic carbocycles. The molecule has 0 aliphatic carbocycles. The van der Waals surface area contributed by atoms with Crippen LogP contribution in [0.1, 0.15) is 19.8 Å². The van der Waals surface area contributed by atoms with Crippen LogP contribution >= 0.6 is 0 Å². The van der Waals surface area contributed by atoms with Gasteiger partial charge in [-0.1, -0.05) is 37.3 Å². The molecule has 0 fully saturated rings.